The Balaban J connectivity index is 2.20. The van der Waals surface area contributed by atoms with Crippen LogP contribution in [0.25, 0.3) is 0 Å². The lowest BCUT2D eigenvalue weighted by Gasteiger charge is -2.33. The zero-order chi connectivity index (χ0) is 14.0. The molecular formula is C13H15ClN2O3. The molecule has 0 saturated carbocycles. The van der Waals surface area contributed by atoms with Crippen molar-refractivity contribution < 1.29 is 14.7 Å². The summed E-state index contributed by atoms with van der Waals surface area (Å²) < 4.78 is 0. The molecule has 0 spiro atoms. The molecule has 1 aromatic carbocycles. The van der Waals surface area contributed by atoms with E-state index in [9.17, 15) is 9.59 Å². The van der Waals surface area contributed by atoms with Crippen LogP contribution >= 0.6 is 11.6 Å². The minimum Gasteiger partial charge on any atom is -0.478 e. The molecule has 1 fully saturated rings. The SMILES string of the molecule is NC(=O)C1CCCN(c2ccc(C(=O)O)c(Cl)c2)C1. The second kappa shape index (κ2) is 5.48. The fourth-order valence-corrected chi connectivity index (χ4v) is 2.57. The van der Waals surface area contributed by atoms with E-state index in [0.717, 1.165) is 25.1 Å². The lowest BCUT2D eigenvalue weighted by molar-refractivity contribution is -0.122. The highest BCUT2D eigenvalue weighted by Crippen LogP contribution is 2.27. The normalized spacial score (nSPS) is 19.2. The molecule has 1 amide bonds. The summed E-state index contributed by atoms with van der Waals surface area (Å²) in [4.78, 5) is 24.1. The van der Waals surface area contributed by atoms with E-state index in [2.05, 4.69) is 0 Å². The van der Waals surface area contributed by atoms with Gasteiger partial charge in [-0.3, -0.25) is 4.79 Å². The highest BCUT2D eigenvalue weighted by atomic mass is 35.5. The van der Waals surface area contributed by atoms with Gasteiger partial charge >= 0.3 is 5.97 Å². The monoisotopic (exact) mass is 282 g/mol. The highest BCUT2D eigenvalue weighted by Gasteiger charge is 2.24. The number of benzene rings is 1. The maximum Gasteiger partial charge on any atom is 0.337 e. The van der Waals surface area contributed by atoms with Crippen molar-refractivity contribution in [1.29, 1.82) is 0 Å². The highest BCUT2D eigenvalue weighted by molar-refractivity contribution is 6.33. The first kappa shape index (κ1) is 13.7. The van der Waals surface area contributed by atoms with Gasteiger partial charge in [-0.1, -0.05) is 11.6 Å². The number of rotatable bonds is 3. The number of carboxylic acids is 1. The predicted octanol–water partition coefficient (Wildman–Crippen LogP) is 1.74. The van der Waals surface area contributed by atoms with Crippen LogP contribution < -0.4 is 10.6 Å². The molecule has 1 heterocycles. The van der Waals surface area contributed by atoms with Crippen LogP contribution in [0.4, 0.5) is 5.69 Å². The van der Waals surface area contributed by atoms with Crippen LogP contribution in [0.1, 0.15) is 23.2 Å². The van der Waals surface area contributed by atoms with E-state index in [4.69, 9.17) is 22.4 Å². The van der Waals surface area contributed by atoms with Crippen LogP contribution in [-0.2, 0) is 4.79 Å². The van der Waals surface area contributed by atoms with Crippen LogP contribution in [0.15, 0.2) is 18.2 Å². The molecule has 1 saturated heterocycles. The zero-order valence-corrected chi connectivity index (χ0v) is 11.1. The number of primary amides is 1. The lowest BCUT2D eigenvalue weighted by atomic mass is 9.97. The summed E-state index contributed by atoms with van der Waals surface area (Å²) in [5, 5.41) is 9.12. The molecule has 0 bridgehead atoms. The third-order valence-electron chi connectivity index (χ3n) is 3.37. The number of halogens is 1. The van der Waals surface area contributed by atoms with Crippen molar-refractivity contribution in [1.82, 2.24) is 0 Å². The quantitative estimate of drug-likeness (QED) is 0.884. The lowest BCUT2D eigenvalue weighted by Crippen LogP contribution is -2.41. The number of hydrogen-bond acceptors (Lipinski definition) is 3. The number of carbonyl (C=O) groups excluding carboxylic acids is 1. The topological polar surface area (TPSA) is 83.6 Å². The van der Waals surface area contributed by atoms with E-state index >= 15 is 0 Å². The van der Waals surface area contributed by atoms with Crippen LogP contribution in [0, 0.1) is 5.92 Å². The van der Waals surface area contributed by atoms with Crippen molar-refractivity contribution in [3.8, 4) is 0 Å². The summed E-state index contributed by atoms with van der Waals surface area (Å²) in [5.41, 5.74) is 6.23. The van der Waals surface area contributed by atoms with Crippen molar-refractivity contribution >= 4 is 29.2 Å². The van der Waals surface area contributed by atoms with Crippen LogP contribution in [-0.4, -0.2) is 30.1 Å². The van der Waals surface area contributed by atoms with Gasteiger partial charge in [-0.05, 0) is 31.0 Å². The van der Waals surface area contributed by atoms with Crippen molar-refractivity contribution in [2.75, 3.05) is 18.0 Å². The largest absolute Gasteiger partial charge is 0.478 e. The van der Waals surface area contributed by atoms with E-state index in [1.54, 1.807) is 12.1 Å². The third-order valence-corrected chi connectivity index (χ3v) is 3.68. The van der Waals surface area contributed by atoms with Gasteiger partial charge in [0.25, 0.3) is 0 Å². The summed E-state index contributed by atoms with van der Waals surface area (Å²) in [7, 11) is 0. The fraction of sp³-hybridized carbons (Fsp3) is 0.385. The van der Waals surface area contributed by atoms with Crippen LogP contribution in [0.5, 0.6) is 0 Å². The second-order valence-corrected chi connectivity index (χ2v) is 5.06. The molecule has 1 unspecified atom stereocenters. The molecule has 0 radical (unpaired) electrons. The van der Waals surface area contributed by atoms with Gasteiger partial charge < -0.3 is 15.7 Å². The zero-order valence-electron chi connectivity index (χ0n) is 10.3. The second-order valence-electron chi connectivity index (χ2n) is 4.66. The maximum absolute atomic E-state index is 11.2. The summed E-state index contributed by atoms with van der Waals surface area (Å²) in [6.07, 6.45) is 1.68. The van der Waals surface area contributed by atoms with Gasteiger partial charge in [-0.15, -0.1) is 0 Å². The first-order chi connectivity index (χ1) is 8.99. The maximum atomic E-state index is 11.2. The first-order valence-electron chi connectivity index (χ1n) is 6.06. The third kappa shape index (κ3) is 2.98. The van der Waals surface area contributed by atoms with Crippen molar-refractivity contribution in [3.05, 3.63) is 28.8 Å². The molecule has 102 valence electrons. The molecule has 1 aliphatic heterocycles. The average molecular weight is 283 g/mol. The van der Waals surface area contributed by atoms with E-state index in [1.807, 2.05) is 4.90 Å². The molecule has 0 aromatic heterocycles. The number of nitrogens with two attached hydrogens (primary N) is 1. The standard InChI is InChI=1S/C13H15ClN2O3/c14-11-6-9(3-4-10(11)13(18)19)16-5-1-2-8(7-16)12(15)17/h3-4,6,8H,1-2,5,7H2,(H2,15,17)(H,18,19). The number of aromatic carboxylic acids is 1. The van der Waals surface area contributed by atoms with Crippen LogP contribution in [0.3, 0.4) is 0 Å². The van der Waals surface area contributed by atoms with Crippen molar-refractivity contribution in [2.24, 2.45) is 11.7 Å². The van der Waals surface area contributed by atoms with Gasteiger partial charge in [0.05, 0.1) is 16.5 Å². The minimum absolute atomic E-state index is 0.0777. The smallest absolute Gasteiger partial charge is 0.337 e. The Morgan fingerprint density at radius 1 is 1.42 bits per heavy atom. The summed E-state index contributed by atoms with van der Waals surface area (Å²) in [5.74, 6) is -1.50. The number of nitrogens with zero attached hydrogens (tertiary/aromatic N) is 1. The number of piperidine rings is 1. The van der Waals surface area contributed by atoms with Crippen molar-refractivity contribution in [2.45, 2.75) is 12.8 Å². The predicted molar refractivity (Wildman–Crippen MR) is 72.5 cm³/mol. The molecular weight excluding hydrogens is 268 g/mol. The van der Waals surface area contributed by atoms with E-state index in [1.165, 1.54) is 6.07 Å². The Morgan fingerprint density at radius 3 is 2.74 bits per heavy atom. The van der Waals surface area contributed by atoms with Crippen LogP contribution in [0.2, 0.25) is 5.02 Å². The fourth-order valence-electron chi connectivity index (χ4n) is 2.32. The van der Waals surface area contributed by atoms with E-state index in [0.29, 0.717) is 6.54 Å². The Kier molecular flexibility index (Phi) is 3.95. The Labute approximate surface area is 116 Å². The molecule has 0 aliphatic carbocycles. The van der Waals surface area contributed by atoms with E-state index in [-0.39, 0.29) is 22.4 Å². The number of carboxylic acid groups (broad SMARTS) is 1. The van der Waals surface area contributed by atoms with E-state index < -0.39 is 5.97 Å². The Morgan fingerprint density at radius 2 is 2.16 bits per heavy atom. The van der Waals surface area contributed by atoms with Gasteiger partial charge in [0.2, 0.25) is 5.91 Å². The van der Waals surface area contributed by atoms with Gasteiger partial charge in [0.1, 0.15) is 0 Å². The number of hydrogen-bond donors (Lipinski definition) is 2. The number of anilines is 1. The van der Waals surface area contributed by atoms with Gasteiger partial charge in [-0.25, -0.2) is 4.79 Å². The summed E-state index contributed by atoms with van der Waals surface area (Å²) in [6.45, 7) is 1.37. The molecule has 3 N–H and O–H groups in total. The number of carbonyl (C=O) groups is 2. The minimum atomic E-state index is -1.05. The molecule has 2 rings (SSSR count). The molecule has 5 nitrogen and oxygen atoms in total. The molecule has 19 heavy (non-hydrogen) atoms. The molecule has 6 heteroatoms. The number of amides is 1. The molecule has 1 aromatic rings. The summed E-state index contributed by atoms with van der Waals surface area (Å²) in [6, 6.07) is 4.81. The van der Waals surface area contributed by atoms with Gasteiger partial charge in [0, 0.05) is 18.8 Å². The molecule has 1 atom stereocenters. The first-order valence-corrected chi connectivity index (χ1v) is 6.44. The Hall–Kier alpha value is -1.75. The molecule has 1 aliphatic rings. The van der Waals surface area contributed by atoms with Gasteiger partial charge in [0.15, 0.2) is 0 Å². The van der Waals surface area contributed by atoms with Crippen molar-refractivity contribution in [3.63, 3.8) is 0 Å². The average Bonchev–Trinajstić information content (AvgIpc) is 2.38. The Bertz CT molecular complexity index is 519. The van der Waals surface area contributed by atoms with Gasteiger partial charge in [-0.2, -0.15) is 0 Å². The summed E-state index contributed by atoms with van der Waals surface area (Å²) >= 11 is 5.94.